The number of ether oxygens (including phenoxy) is 1. The number of hydrogen-bond donors (Lipinski definition) is 1. The fourth-order valence-electron chi connectivity index (χ4n) is 2.48. The van der Waals surface area contributed by atoms with Crippen LogP contribution in [0.4, 0.5) is 0 Å². The summed E-state index contributed by atoms with van der Waals surface area (Å²) in [6.45, 7) is 4.15. The summed E-state index contributed by atoms with van der Waals surface area (Å²) in [6.07, 6.45) is 3.88. The zero-order valence-electron chi connectivity index (χ0n) is 9.37. The lowest BCUT2D eigenvalue weighted by Crippen LogP contribution is -2.53. The van der Waals surface area contributed by atoms with Crippen LogP contribution < -0.4 is 5.73 Å². The first kappa shape index (κ1) is 10.9. The van der Waals surface area contributed by atoms with Crippen LogP contribution in [0.15, 0.2) is 0 Å². The molecule has 2 atom stereocenters. The number of rotatable bonds is 1. The molecule has 4 heteroatoms. The number of nitrogens with zero attached hydrogens (tertiary/aromatic N) is 1. The Labute approximate surface area is 90.8 Å². The first-order valence-electron chi connectivity index (χ1n) is 5.81. The lowest BCUT2D eigenvalue weighted by atomic mass is 9.98. The summed E-state index contributed by atoms with van der Waals surface area (Å²) in [7, 11) is 0. The van der Waals surface area contributed by atoms with Gasteiger partial charge in [-0.1, -0.05) is 0 Å². The maximum absolute atomic E-state index is 12.2. The Balaban J connectivity index is 2.00. The molecule has 1 unspecified atom stereocenters. The highest BCUT2D eigenvalue weighted by molar-refractivity contribution is 5.85. The van der Waals surface area contributed by atoms with Crippen molar-refractivity contribution >= 4 is 5.91 Å². The summed E-state index contributed by atoms with van der Waals surface area (Å²) in [5.74, 6) is 0.134. The molecule has 0 aromatic carbocycles. The molecule has 0 bridgehead atoms. The van der Waals surface area contributed by atoms with Crippen molar-refractivity contribution in [1.82, 2.24) is 4.90 Å². The van der Waals surface area contributed by atoms with Crippen LogP contribution in [0.5, 0.6) is 0 Å². The van der Waals surface area contributed by atoms with Crippen molar-refractivity contribution in [2.75, 3.05) is 19.7 Å². The Hall–Kier alpha value is -0.610. The maximum atomic E-state index is 12.2. The smallest absolute Gasteiger partial charge is 0.254 e. The van der Waals surface area contributed by atoms with Gasteiger partial charge in [0.15, 0.2) is 0 Å². The number of carbonyl (C=O) groups excluding carboxylic acids is 1. The van der Waals surface area contributed by atoms with E-state index in [0.717, 1.165) is 32.2 Å². The van der Waals surface area contributed by atoms with Gasteiger partial charge in [-0.25, -0.2) is 0 Å². The van der Waals surface area contributed by atoms with Crippen molar-refractivity contribution < 1.29 is 9.53 Å². The standard InChI is InChI=1S/C11H20N2O2/c1-11(5-3-7-15-11)10(14)13-6-2-4-9(12)8-13/h9H,2-8,12H2,1H3/t9-,11?/m1/s1. The van der Waals surface area contributed by atoms with E-state index in [-0.39, 0.29) is 11.9 Å². The molecule has 0 aromatic heterocycles. The molecule has 1 amide bonds. The van der Waals surface area contributed by atoms with E-state index < -0.39 is 5.60 Å². The molecule has 2 rings (SSSR count). The molecular weight excluding hydrogens is 192 g/mol. The van der Waals surface area contributed by atoms with E-state index in [2.05, 4.69) is 0 Å². The van der Waals surface area contributed by atoms with Gasteiger partial charge in [-0.3, -0.25) is 4.79 Å². The van der Waals surface area contributed by atoms with Gasteiger partial charge in [-0.05, 0) is 32.6 Å². The fraction of sp³-hybridized carbons (Fsp3) is 0.909. The predicted octanol–water partition coefficient (Wildman–Crippen LogP) is 0.505. The molecule has 15 heavy (non-hydrogen) atoms. The van der Waals surface area contributed by atoms with Crippen molar-refractivity contribution in [2.24, 2.45) is 5.73 Å². The van der Waals surface area contributed by atoms with Crippen LogP contribution in [0.25, 0.3) is 0 Å². The molecule has 0 saturated carbocycles. The number of likely N-dealkylation sites (tertiary alicyclic amines) is 1. The van der Waals surface area contributed by atoms with Gasteiger partial charge in [0.05, 0.1) is 0 Å². The number of carbonyl (C=O) groups is 1. The minimum Gasteiger partial charge on any atom is -0.365 e. The van der Waals surface area contributed by atoms with Gasteiger partial charge < -0.3 is 15.4 Å². The van der Waals surface area contributed by atoms with Gasteiger partial charge in [0.2, 0.25) is 0 Å². The highest BCUT2D eigenvalue weighted by Crippen LogP contribution is 2.28. The topological polar surface area (TPSA) is 55.6 Å². The molecule has 0 spiro atoms. The van der Waals surface area contributed by atoms with Crippen LogP contribution >= 0.6 is 0 Å². The molecule has 86 valence electrons. The summed E-state index contributed by atoms with van der Waals surface area (Å²) in [4.78, 5) is 14.1. The predicted molar refractivity (Wildman–Crippen MR) is 57.4 cm³/mol. The minimum atomic E-state index is -0.572. The van der Waals surface area contributed by atoms with Gasteiger partial charge >= 0.3 is 0 Å². The van der Waals surface area contributed by atoms with E-state index in [0.29, 0.717) is 13.2 Å². The van der Waals surface area contributed by atoms with E-state index in [1.807, 2.05) is 11.8 Å². The summed E-state index contributed by atoms with van der Waals surface area (Å²) in [6, 6.07) is 0.146. The summed E-state index contributed by atoms with van der Waals surface area (Å²) in [5, 5.41) is 0. The quantitative estimate of drug-likeness (QED) is 0.689. The summed E-state index contributed by atoms with van der Waals surface area (Å²) in [5.41, 5.74) is 5.30. The average molecular weight is 212 g/mol. The van der Waals surface area contributed by atoms with Crippen molar-refractivity contribution in [3.05, 3.63) is 0 Å². The fourth-order valence-corrected chi connectivity index (χ4v) is 2.48. The lowest BCUT2D eigenvalue weighted by Gasteiger charge is -2.35. The maximum Gasteiger partial charge on any atom is 0.254 e. The second kappa shape index (κ2) is 4.10. The van der Waals surface area contributed by atoms with Gasteiger partial charge in [-0.15, -0.1) is 0 Å². The third-order valence-corrected chi connectivity index (χ3v) is 3.42. The Morgan fingerprint density at radius 1 is 1.53 bits per heavy atom. The Morgan fingerprint density at radius 2 is 2.33 bits per heavy atom. The third kappa shape index (κ3) is 2.16. The molecule has 2 saturated heterocycles. The van der Waals surface area contributed by atoms with Gasteiger partial charge in [0.25, 0.3) is 5.91 Å². The van der Waals surface area contributed by atoms with Crippen LogP contribution in [0.3, 0.4) is 0 Å². The molecular formula is C11H20N2O2. The number of piperidine rings is 1. The Morgan fingerprint density at radius 3 is 2.93 bits per heavy atom. The second-order valence-corrected chi connectivity index (χ2v) is 4.84. The normalized spacial score (nSPS) is 36.9. The molecule has 4 nitrogen and oxygen atoms in total. The SMILES string of the molecule is CC1(C(=O)N2CCC[C@@H](N)C2)CCCO1. The molecule has 2 N–H and O–H groups in total. The molecule has 0 aromatic rings. The van der Waals surface area contributed by atoms with Crippen LogP contribution in [0, 0.1) is 0 Å². The van der Waals surface area contributed by atoms with Crippen LogP contribution in [-0.4, -0.2) is 42.1 Å². The van der Waals surface area contributed by atoms with Crippen molar-refractivity contribution in [2.45, 2.75) is 44.2 Å². The van der Waals surface area contributed by atoms with Gasteiger partial charge in [0, 0.05) is 25.7 Å². The van der Waals surface area contributed by atoms with E-state index in [1.165, 1.54) is 0 Å². The van der Waals surface area contributed by atoms with Crippen LogP contribution in [0.2, 0.25) is 0 Å². The molecule has 2 heterocycles. The van der Waals surface area contributed by atoms with Crippen LogP contribution in [-0.2, 0) is 9.53 Å². The lowest BCUT2D eigenvalue weighted by molar-refractivity contribution is -0.152. The van der Waals surface area contributed by atoms with Crippen molar-refractivity contribution in [3.63, 3.8) is 0 Å². The average Bonchev–Trinajstić information content (AvgIpc) is 2.65. The first-order chi connectivity index (χ1) is 7.12. The van der Waals surface area contributed by atoms with Crippen LogP contribution in [0.1, 0.15) is 32.6 Å². The van der Waals surface area contributed by atoms with Gasteiger partial charge in [-0.2, -0.15) is 0 Å². The molecule has 2 aliphatic heterocycles. The number of hydrogen-bond acceptors (Lipinski definition) is 3. The zero-order valence-corrected chi connectivity index (χ0v) is 9.37. The van der Waals surface area contributed by atoms with E-state index >= 15 is 0 Å². The van der Waals surface area contributed by atoms with E-state index in [4.69, 9.17) is 10.5 Å². The molecule has 2 fully saturated rings. The van der Waals surface area contributed by atoms with Gasteiger partial charge in [0.1, 0.15) is 5.60 Å². The molecule has 0 aliphatic carbocycles. The Kier molecular flexibility index (Phi) is 2.98. The largest absolute Gasteiger partial charge is 0.365 e. The van der Waals surface area contributed by atoms with E-state index in [9.17, 15) is 4.79 Å². The first-order valence-corrected chi connectivity index (χ1v) is 5.81. The second-order valence-electron chi connectivity index (χ2n) is 4.84. The van der Waals surface area contributed by atoms with Crippen molar-refractivity contribution in [3.8, 4) is 0 Å². The minimum absolute atomic E-state index is 0.134. The molecule has 2 aliphatic rings. The zero-order chi connectivity index (χ0) is 10.9. The van der Waals surface area contributed by atoms with E-state index in [1.54, 1.807) is 0 Å². The molecule has 0 radical (unpaired) electrons. The highest BCUT2D eigenvalue weighted by atomic mass is 16.5. The summed E-state index contributed by atoms with van der Waals surface area (Å²) >= 11 is 0. The van der Waals surface area contributed by atoms with Crippen molar-refractivity contribution in [1.29, 1.82) is 0 Å². The number of nitrogens with two attached hydrogens (primary N) is 1. The monoisotopic (exact) mass is 212 g/mol. The highest BCUT2D eigenvalue weighted by Gasteiger charge is 2.41. The Bertz CT molecular complexity index is 249. The third-order valence-electron chi connectivity index (χ3n) is 3.42. The summed E-state index contributed by atoms with van der Waals surface area (Å²) < 4.78 is 5.56. The number of amides is 1.